The number of carbonyl (C=O) groups is 4. The van der Waals surface area contributed by atoms with Gasteiger partial charge in [-0.05, 0) is 24.3 Å². The smallest absolute Gasteiger partial charge is 0.326 e. The Labute approximate surface area is 153 Å². The van der Waals surface area contributed by atoms with Gasteiger partial charge in [-0.25, -0.2) is 4.79 Å². The highest BCUT2D eigenvalue weighted by Gasteiger charge is 2.25. The van der Waals surface area contributed by atoms with Gasteiger partial charge < -0.3 is 26.6 Å². The van der Waals surface area contributed by atoms with Gasteiger partial charge >= 0.3 is 11.9 Å². The van der Waals surface area contributed by atoms with Crippen LogP contribution in [0.25, 0.3) is 0 Å². The van der Waals surface area contributed by atoms with Crippen LogP contribution >= 0.6 is 0 Å². The molecule has 140 valence electrons. The van der Waals surface area contributed by atoms with Crippen molar-refractivity contribution in [3.63, 3.8) is 0 Å². The molecule has 1 unspecified atom stereocenters. The predicted octanol–water partition coefficient (Wildman–Crippen LogP) is 1.18. The number of carboxylic acid groups (broad SMARTS) is 2. The summed E-state index contributed by atoms with van der Waals surface area (Å²) in [6, 6.07) is 10.7. The average molecular weight is 371 g/mol. The number of carboxylic acids is 2. The molecule has 0 heterocycles. The minimum atomic E-state index is -1.61. The van der Waals surface area contributed by atoms with Crippen LogP contribution in [0.15, 0.2) is 48.5 Å². The number of para-hydroxylation sites is 2. The van der Waals surface area contributed by atoms with E-state index in [1.54, 1.807) is 24.3 Å². The van der Waals surface area contributed by atoms with Crippen LogP contribution in [0.5, 0.6) is 0 Å². The summed E-state index contributed by atoms with van der Waals surface area (Å²) in [7, 11) is 0. The number of anilines is 2. The molecule has 0 aliphatic carbocycles. The Bertz CT molecular complexity index is 896. The van der Waals surface area contributed by atoms with Crippen molar-refractivity contribution in [2.45, 2.75) is 12.5 Å². The highest BCUT2D eigenvalue weighted by Crippen LogP contribution is 2.18. The van der Waals surface area contributed by atoms with Crippen LogP contribution in [0.2, 0.25) is 0 Å². The van der Waals surface area contributed by atoms with E-state index in [1.807, 2.05) is 0 Å². The van der Waals surface area contributed by atoms with Gasteiger partial charge in [0, 0.05) is 5.69 Å². The van der Waals surface area contributed by atoms with Crippen LogP contribution in [0.4, 0.5) is 11.4 Å². The number of benzene rings is 2. The van der Waals surface area contributed by atoms with E-state index < -0.39 is 36.2 Å². The molecule has 1 atom stereocenters. The average Bonchev–Trinajstić information content (AvgIpc) is 2.61. The maximum Gasteiger partial charge on any atom is 0.326 e. The number of rotatable bonds is 7. The van der Waals surface area contributed by atoms with E-state index >= 15 is 0 Å². The summed E-state index contributed by atoms with van der Waals surface area (Å²) in [5, 5.41) is 22.5. The number of nitrogens with two attached hydrogens (primary N) is 1. The molecule has 0 fully saturated rings. The van der Waals surface area contributed by atoms with Crippen molar-refractivity contribution < 1.29 is 29.4 Å². The van der Waals surface area contributed by atoms with Crippen LogP contribution in [-0.4, -0.2) is 40.0 Å². The van der Waals surface area contributed by atoms with Crippen molar-refractivity contribution in [2.24, 2.45) is 0 Å². The third kappa shape index (κ3) is 5.05. The van der Waals surface area contributed by atoms with Crippen molar-refractivity contribution in [1.29, 1.82) is 0 Å². The van der Waals surface area contributed by atoms with Gasteiger partial charge in [-0.15, -0.1) is 0 Å². The molecule has 9 nitrogen and oxygen atoms in total. The van der Waals surface area contributed by atoms with E-state index in [4.69, 9.17) is 15.9 Å². The monoisotopic (exact) mass is 371 g/mol. The topological polar surface area (TPSA) is 159 Å². The molecule has 0 bridgehead atoms. The van der Waals surface area contributed by atoms with Crippen LogP contribution in [0, 0.1) is 0 Å². The van der Waals surface area contributed by atoms with Gasteiger partial charge in [0.25, 0.3) is 11.8 Å². The van der Waals surface area contributed by atoms with Gasteiger partial charge in [0.05, 0.1) is 23.2 Å². The highest BCUT2D eigenvalue weighted by molar-refractivity contribution is 6.11. The van der Waals surface area contributed by atoms with E-state index in [-0.39, 0.29) is 22.5 Å². The van der Waals surface area contributed by atoms with Crippen LogP contribution < -0.4 is 16.4 Å². The number of aliphatic carboxylic acids is 2. The van der Waals surface area contributed by atoms with E-state index in [2.05, 4.69) is 10.6 Å². The summed E-state index contributed by atoms with van der Waals surface area (Å²) < 4.78 is 0. The number of nitrogens with one attached hydrogen (secondary N) is 2. The molecule has 2 rings (SSSR count). The Balaban J connectivity index is 2.23. The summed E-state index contributed by atoms with van der Waals surface area (Å²) in [6.07, 6.45) is -0.782. The van der Waals surface area contributed by atoms with Gasteiger partial charge in [0.1, 0.15) is 6.04 Å². The summed E-state index contributed by atoms with van der Waals surface area (Å²) >= 11 is 0. The standard InChI is InChI=1S/C18H17N3O6/c19-12-7-3-1-5-10(12)16(24)20-13-8-4-2-6-11(13)17(25)21-14(18(26)27)9-15(22)23/h1-8,14H,9,19H2,(H,20,24)(H,21,25)(H,22,23)(H,26,27). The zero-order valence-corrected chi connectivity index (χ0v) is 14.0. The molecule has 0 saturated heterocycles. The molecule has 0 radical (unpaired) electrons. The quantitative estimate of drug-likeness (QED) is 0.457. The lowest BCUT2D eigenvalue weighted by atomic mass is 10.1. The fourth-order valence-electron chi connectivity index (χ4n) is 2.29. The molecule has 27 heavy (non-hydrogen) atoms. The minimum Gasteiger partial charge on any atom is -0.481 e. The fraction of sp³-hybridized carbons (Fsp3) is 0.111. The molecule has 9 heteroatoms. The fourth-order valence-corrected chi connectivity index (χ4v) is 2.29. The van der Waals surface area contributed by atoms with Gasteiger partial charge in [-0.1, -0.05) is 24.3 Å². The van der Waals surface area contributed by atoms with E-state index in [0.29, 0.717) is 0 Å². The Hall–Kier alpha value is -3.88. The van der Waals surface area contributed by atoms with Crippen molar-refractivity contribution in [2.75, 3.05) is 11.1 Å². The summed E-state index contributed by atoms with van der Waals surface area (Å²) in [6.45, 7) is 0. The van der Waals surface area contributed by atoms with Crippen LogP contribution in [-0.2, 0) is 9.59 Å². The first-order chi connectivity index (χ1) is 12.8. The van der Waals surface area contributed by atoms with Gasteiger partial charge in [0.2, 0.25) is 0 Å². The van der Waals surface area contributed by atoms with Crippen molar-refractivity contribution in [3.05, 3.63) is 59.7 Å². The maximum absolute atomic E-state index is 12.4. The second-order valence-corrected chi connectivity index (χ2v) is 5.55. The largest absolute Gasteiger partial charge is 0.481 e. The summed E-state index contributed by atoms with van der Waals surface area (Å²) in [5.74, 6) is -4.23. The molecule has 0 saturated carbocycles. The van der Waals surface area contributed by atoms with Gasteiger partial charge in [-0.2, -0.15) is 0 Å². The van der Waals surface area contributed by atoms with Crippen LogP contribution in [0.3, 0.4) is 0 Å². The zero-order valence-electron chi connectivity index (χ0n) is 14.0. The Morgan fingerprint density at radius 1 is 0.889 bits per heavy atom. The Kier molecular flexibility index (Phi) is 6.10. The van der Waals surface area contributed by atoms with Gasteiger partial charge in [-0.3, -0.25) is 14.4 Å². The normalized spacial score (nSPS) is 11.3. The molecular formula is C18H17N3O6. The van der Waals surface area contributed by atoms with E-state index in [0.717, 1.165) is 0 Å². The molecular weight excluding hydrogens is 354 g/mol. The zero-order chi connectivity index (χ0) is 20.0. The maximum atomic E-state index is 12.4. The number of nitrogen functional groups attached to an aromatic ring is 1. The van der Waals surface area contributed by atoms with Crippen molar-refractivity contribution >= 4 is 35.1 Å². The van der Waals surface area contributed by atoms with Crippen LogP contribution in [0.1, 0.15) is 27.1 Å². The second kappa shape index (κ2) is 8.48. The molecule has 2 aromatic rings. The van der Waals surface area contributed by atoms with E-state index in [9.17, 15) is 19.2 Å². The first-order valence-corrected chi connectivity index (χ1v) is 7.80. The Morgan fingerprint density at radius 2 is 1.48 bits per heavy atom. The molecule has 0 aromatic heterocycles. The Morgan fingerprint density at radius 3 is 2.07 bits per heavy atom. The second-order valence-electron chi connectivity index (χ2n) is 5.55. The molecule has 0 aliphatic rings. The lowest BCUT2D eigenvalue weighted by molar-refractivity contribution is -0.145. The number of carbonyl (C=O) groups excluding carboxylic acids is 2. The molecule has 2 amide bonds. The third-order valence-electron chi connectivity index (χ3n) is 3.61. The van der Waals surface area contributed by atoms with Crippen molar-refractivity contribution in [3.8, 4) is 0 Å². The third-order valence-corrected chi connectivity index (χ3v) is 3.61. The first kappa shape index (κ1) is 19.4. The SMILES string of the molecule is Nc1ccccc1C(=O)Nc1ccccc1C(=O)NC(CC(=O)O)C(=O)O. The van der Waals surface area contributed by atoms with E-state index in [1.165, 1.54) is 24.3 Å². The lowest BCUT2D eigenvalue weighted by Gasteiger charge is -2.15. The first-order valence-electron chi connectivity index (χ1n) is 7.80. The summed E-state index contributed by atoms with van der Waals surface area (Å²) in [4.78, 5) is 46.7. The molecule has 2 aromatic carbocycles. The number of hydrogen-bond donors (Lipinski definition) is 5. The van der Waals surface area contributed by atoms with Gasteiger partial charge in [0.15, 0.2) is 0 Å². The summed E-state index contributed by atoms with van der Waals surface area (Å²) in [5.41, 5.74) is 6.33. The minimum absolute atomic E-state index is 0.0167. The number of amides is 2. The number of hydrogen-bond acceptors (Lipinski definition) is 5. The van der Waals surface area contributed by atoms with Crippen molar-refractivity contribution in [1.82, 2.24) is 5.32 Å². The highest BCUT2D eigenvalue weighted by atomic mass is 16.4. The molecule has 0 aliphatic heterocycles. The predicted molar refractivity (Wildman–Crippen MR) is 96.4 cm³/mol. The lowest BCUT2D eigenvalue weighted by Crippen LogP contribution is -2.42. The molecule has 0 spiro atoms. The molecule has 6 N–H and O–H groups in total.